The number of fused-ring (bicyclic) bond motifs is 3. The normalized spacial score (nSPS) is 22.2. The average Bonchev–Trinajstić information content (AvgIpc) is 3.26. The summed E-state index contributed by atoms with van der Waals surface area (Å²) < 4.78 is 84.6. The van der Waals surface area contributed by atoms with Crippen LogP contribution in [0.25, 0.3) is 10.9 Å². The van der Waals surface area contributed by atoms with Gasteiger partial charge in [0.05, 0.1) is 36.5 Å². The highest BCUT2D eigenvalue weighted by molar-refractivity contribution is 5.83. The minimum Gasteiger partial charge on any atom is -0.377 e. The molecule has 2 aromatic carbocycles. The van der Waals surface area contributed by atoms with Crippen LogP contribution in [0.4, 0.5) is 32.0 Å². The van der Waals surface area contributed by atoms with E-state index in [9.17, 15) is 17.6 Å². The number of alkyl halides is 4. The van der Waals surface area contributed by atoms with Crippen LogP contribution in [0, 0.1) is 11.6 Å². The smallest absolute Gasteiger partial charge is 0.377 e. The Hall–Kier alpha value is -2.79. The summed E-state index contributed by atoms with van der Waals surface area (Å²) >= 11 is 0. The number of aromatic nitrogens is 2. The molecule has 0 radical (unpaired) electrons. The zero-order valence-electron chi connectivity index (χ0n) is 20.6. The first kappa shape index (κ1) is 25.8. The molecule has 200 valence electrons. The van der Waals surface area contributed by atoms with Crippen molar-refractivity contribution in [1.29, 1.82) is 0 Å². The molecule has 5 rings (SSSR count). The van der Waals surface area contributed by atoms with Gasteiger partial charge < -0.3 is 5.32 Å². The molecule has 0 amide bonds. The van der Waals surface area contributed by atoms with E-state index in [1.165, 1.54) is 0 Å². The van der Waals surface area contributed by atoms with E-state index in [4.69, 9.17) is 0 Å². The van der Waals surface area contributed by atoms with Gasteiger partial charge in [-0.05, 0) is 56.0 Å². The largest absolute Gasteiger partial charge is 0.401 e. The first-order valence-corrected chi connectivity index (χ1v) is 12.3. The van der Waals surface area contributed by atoms with Crippen molar-refractivity contribution in [1.82, 2.24) is 20.0 Å². The number of nitrogens with zero attached hydrogens (tertiary/aromatic N) is 3. The minimum atomic E-state index is -4.55. The van der Waals surface area contributed by atoms with Crippen LogP contribution in [0.2, 0.25) is 0 Å². The number of benzene rings is 2. The van der Waals surface area contributed by atoms with Crippen molar-refractivity contribution in [3.63, 3.8) is 0 Å². The zero-order valence-corrected chi connectivity index (χ0v) is 20.6. The summed E-state index contributed by atoms with van der Waals surface area (Å²) in [5.41, 5.74) is 1.24. The summed E-state index contributed by atoms with van der Waals surface area (Å²) in [6.45, 7) is 3.62. The number of hydrogen-bond donors (Lipinski definition) is 2. The standard InChI is InChI=1S/C26H29F6N5/c1-15-8-18-17(4-5-22-19(18)11-33-35-22)24(37(15)14-26(30,31)32)23-20(28)9-16(10-21(23)29)34-25(2)12-36(13-25)7-3-6-27/h4-5,9-11,15,24,34H,3,6-8,12-14H2,1-2H3,(H,33,35)/t15-,24+/m1/s1. The first-order valence-electron chi connectivity index (χ1n) is 12.3. The highest BCUT2D eigenvalue weighted by Crippen LogP contribution is 2.44. The molecular formula is C26H29F6N5. The summed E-state index contributed by atoms with van der Waals surface area (Å²) in [5, 5.41) is 10.8. The Morgan fingerprint density at radius 1 is 1.16 bits per heavy atom. The van der Waals surface area contributed by atoms with Gasteiger partial charge in [-0.1, -0.05) is 6.07 Å². The number of hydrogen-bond acceptors (Lipinski definition) is 4. The maximum atomic E-state index is 15.7. The second-order valence-corrected chi connectivity index (χ2v) is 10.5. The van der Waals surface area contributed by atoms with E-state index in [0.717, 1.165) is 28.0 Å². The summed E-state index contributed by atoms with van der Waals surface area (Å²) in [4.78, 5) is 3.17. The van der Waals surface area contributed by atoms with Gasteiger partial charge in [-0.15, -0.1) is 0 Å². The molecule has 2 aliphatic rings. The lowest BCUT2D eigenvalue weighted by Gasteiger charge is -2.49. The Labute approximate surface area is 210 Å². The third-order valence-electron chi connectivity index (χ3n) is 7.38. The first-order chi connectivity index (χ1) is 17.5. The van der Waals surface area contributed by atoms with Gasteiger partial charge in [0.2, 0.25) is 0 Å². The van der Waals surface area contributed by atoms with Crippen LogP contribution < -0.4 is 5.32 Å². The van der Waals surface area contributed by atoms with Crippen molar-refractivity contribution >= 4 is 16.6 Å². The van der Waals surface area contributed by atoms with Gasteiger partial charge >= 0.3 is 6.18 Å². The van der Waals surface area contributed by atoms with Gasteiger partial charge in [-0.2, -0.15) is 18.3 Å². The molecule has 1 saturated heterocycles. The third-order valence-corrected chi connectivity index (χ3v) is 7.38. The van der Waals surface area contributed by atoms with Gasteiger partial charge in [0, 0.05) is 42.3 Å². The molecule has 2 N–H and O–H groups in total. The Bertz CT molecular complexity index is 1260. The number of aromatic amines is 1. The lowest BCUT2D eigenvalue weighted by Crippen LogP contribution is -2.64. The Balaban J connectivity index is 1.51. The molecule has 0 unspecified atom stereocenters. The fraction of sp³-hybridized carbons (Fsp3) is 0.500. The van der Waals surface area contributed by atoms with Crippen LogP contribution in [0.1, 0.15) is 43.0 Å². The molecule has 1 aromatic heterocycles. The molecule has 0 bridgehead atoms. The fourth-order valence-corrected chi connectivity index (χ4v) is 5.93. The van der Waals surface area contributed by atoms with E-state index in [0.29, 0.717) is 43.6 Å². The summed E-state index contributed by atoms with van der Waals surface area (Å²) in [5.74, 6) is -1.83. The number of halogens is 6. The molecule has 5 nitrogen and oxygen atoms in total. The van der Waals surface area contributed by atoms with E-state index < -0.39 is 54.2 Å². The minimum absolute atomic E-state index is 0.211. The molecule has 0 aliphatic carbocycles. The van der Waals surface area contributed by atoms with Crippen LogP contribution >= 0.6 is 0 Å². The molecule has 0 spiro atoms. The quantitative estimate of drug-likeness (QED) is 0.395. The number of anilines is 1. The van der Waals surface area contributed by atoms with Crippen LogP contribution in [-0.4, -0.2) is 70.6 Å². The van der Waals surface area contributed by atoms with Crippen molar-refractivity contribution in [2.45, 2.75) is 50.5 Å². The molecule has 3 aromatic rings. The number of nitrogens with one attached hydrogen (secondary N) is 2. The summed E-state index contributed by atoms with van der Waals surface area (Å²) in [7, 11) is 0. The number of H-pyrrole nitrogens is 1. The number of rotatable bonds is 7. The van der Waals surface area contributed by atoms with E-state index >= 15 is 8.78 Å². The van der Waals surface area contributed by atoms with Crippen molar-refractivity contribution in [2.75, 3.05) is 38.2 Å². The molecule has 11 heteroatoms. The zero-order chi connectivity index (χ0) is 26.5. The summed E-state index contributed by atoms with van der Waals surface area (Å²) in [6.07, 6.45) is -2.24. The predicted octanol–water partition coefficient (Wildman–Crippen LogP) is 5.59. The van der Waals surface area contributed by atoms with Crippen molar-refractivity contribution < 1.29 is 26.3 Å². The van der Waals surface area contributed by atoms with Gasteiger partial charge in [0.25, 0.3) is 0 Å². The van der Waals surface area contributed by atoms with Gasteiger partial charge in [0.15, 0.2) is 0 Å². The fourth-order valence-electron chi connectivity index (χ4n) is 5.93. The maximum absolute atomic E-state index is 15.7. The average molecular weight is 526 g/mol. The maximum Gasteiger partial charge on any atom is 0.401 e. The second kappa shape index (κ2) is 9.50. The van der Waals surface area contributed by atoms with Gasteiger partial charge in [-0.3, -0.25) is 19.3 Å². The lowest BCUT2D eigenvalue weighted by molar-refractivity contribution is -0.155. The highest BCUT2D eigenvalue weighted by Gasteiger charge is 2.43. The molecule has 2 aliphatic heterocycles. The molecule has 0 saturated carbocycles. The number of likely N-dealkylation sites (tertiary alicyclic amines) is 1. The Morgan fingerprint density at radius 3 is 2.51 bits per heavy atom. The topological polar surface area (TPSA) is 47.2 Å². The van der Waals surface area contributed by atoms with Gasteiger partial charge in [0.1, 0.15) is 11.6 Å². The van der Waals surface area contributed by atoms with Gasteiger partial charge in [-0.25, -0.2) is 8.78 Å². The van der Waals surface area contributed by atoms with Crippen LogP contribution in [0.3, 0.4) is 0 Å². The highest BCUT2D eigenvalue weighted by atomic mass is 19.4. The Morgan fingerprint density at radius 2 is 1.86 bits per heavy atom. The monoisotopic (exact) mass is 525 g/mol. The molecule has 1 fully saturated rings. The van der Waals surface area contributed by atoms with E-state index in [-0.39, 0.29) is 5.69 Å². The van der Waals surface area contributed by atoms with E-state index in [2.05, 4.69) is 15.5 Å². The molecule has 37 heavy (non-hydrogen) atoms. The van der Waals surface area contributed by atoms with Crippen molar-refractivity contribution in [2.24, 2.45) is 0 Å². The van der Waals surface area contributed by atoms with Crippen LogP contribution in [0.5, 0.6) is 0 Å². The third kappa shape index (κ3) is 5.03. The second-order valence-electron chi connectivity index (χ2n) is 10.5. The van der Waals surface area contributed by atoms with Crippen LogP contribution in [0.15, 0.2) is 30.5 Å². The lowest BCUT2D eigenvalue weighted by atomic mass is 9.83. The molecule has 3 heterocycles. The van der Waals surface area contributed by atoms with Crippen LogP contribution in [-0.2, 0) is 6.42 Å². The summed E-state index contributed by atoms with van der Waals surface area (Å²) in [6, 6.07) is 3.71. The van der Waals surface area contributed by atoms with E-state index in [1.807, 2.05) is 11.8 Å². The molecule has 2 atom stereocenters. The predicted molar refractivity (Wildman–Crippen MR) is 129 cm³/mol. The molecular weight excluding hydrogens is 496 g/mol. The Kier molecular flexibility index (Phi) is 6.64. The van der Waals surface area contributed by atoms with E-state index in [1.54, 1.807) is 25.3 Å². The SMILES string of the molecule is C[C@@H]1Cc2c(ccc3[nH]ncc23)[C@@H](c2c(F)cc(NC3(C)CN(CCCF)C3)cc2F)N1CC(F)(F)F. The van der Waals surface area contributed by atoms with Crippen molar-refractivity contribution in [3.05, 3.63) is 58.8 Å². The van der Waals surface area contributed by atoms with Crippen molar-refractivity contribution in [3.8, 4) is 0 Å².